The van der Waals surface area contributed by atoms with Gasteiger partial charge in [-0.15, -0.1) is 0 Å². The van der Waals surface area contributed by atoms with Crippen molar-refractivity contribution in [2.45, 2.75) is 50.0 Å². The first kappa shape index (κ1) is 20.3. The van der Waals surface area contributed by atoms with Crippen LogP contribution in [0.4, 0.5) is 0 Å². The number of likely N-dealkylation sites (N-methyl/N-ethyl adjacent to an activating group) is 1. The molecule has 7 heteroatoms. The van der Waals surface area contributed by atoms with Crippen LogP contribution in [0.5, 0.6) is 0 Å². The van der Waals surface area contributed by atoms with Crippen molar-refractivity contribution in [3.05, 3.63) is 30.1 Å². The number of aromatic nitrogens is 1. The monoisotopic (exact) mass is 377 g/mol. The Bertz CT molecular complexity index is 651. The Balaban J connectivity index is 2.22. The summed E-state index contributed by atoms with van der Waals surface area (Å²) in [6, 6.07) is 3.86. The van der Waals surface area contributed by atoms with Crippen LogP contribution in [0.2, 0.25) is 0 Å². The maximum Gasteiger partial charge on any atom is 0.306 e. The van der Waals surface area contributed by atoms with E-state index in [4.69, 9.17) is 17.0 Å². The second kappa shape index (κ2) is 9.07. The molecule has 1 saturated carbocycles. The number of thiocarbonyl (C=S) groups is 1. The fourth-order valence-corrected chi connectivity index (χ4v) is 3.87. The molecule has 2 unspecified atom stereocenters. The van der Waals surface area contributed by atoms with Gasteiger partial charge in [-0.25, -0.2) is 0 Å². The molecule has 26 heavy (non-hydrogen) atoms. The van der Waals surface area contributed by atoms with Gasteiger partial charge < -0.3 is 15.0 Å². The molecule has 142 valence electrons. The lowest BCUT2D eigenvalue weighted by Gasteiger charge is -2.43. The van der Waals surface area contributed by atoms with Gasteiger partial charge in [-0.1, -0.05) is 24.7 Å². The van der Waals surface area contributed by atoms with Crippen LogP contribution in [-0.4, -0.2) is 54.0 Å². The zero-order valence-corrected chi connectivity index (χ0v) is 16.5. The zero-order chi connectivity index (χ0) is 19.2. The Kier molecular flexibility index (Phi) is 7.08. The van der Waals surface area contributed by atoms with Crippen LogP contribution < -0.4 is 5.32 Å². The number of amides is 1. The predicted molar refractivity (Wildman–Crippen MR) is 104 cm³/mol. The summed E-state index contributed by atoms with van der Waals surface area (Å²) in [7, 11) is 5.14. The van der Waals surface area contributed by atoms with Crippen LogP contribution in [0.1, 0.15) is 44.1 Å². The van der Waals surface area contributed by atoms with E-state index in [-0.39, 0.29) is 30.8 Å². The zero-order valence-electron chi connectivity index (χ0n) is 15.7. The van der Waals surface area contributed by atoms with E-state index in [1.165, 1.54) is 4.90 Å². The van der Waals surface area contributed by atoms with Gasteiger partial charge in [0, 0.05) is 40.0 Å². The minimum atomic E-state index is -0.572. The first-order valence-electron chi connectivity index (χ1n) is 8.94. The molecule has 0 radical (unpaired) electrons. The fourth-order valence-electron chi connectivity index (χ4n) is 3.52. The number of nitrogens with one attached hydrogen (secondary N) is 1. The third kappa shape index (κ3) is 4.38. The fraction of sp³-hybridized carbons (Fsp3) is 0.579. The molecular formula is C19H27N3O3S. The lowest BCUT2D eigenvalue weighted by molar-refractivity contribution is -0.154. The van der Waals surface area contributed by atoms with Crippen molar-refractivity contribution in [1.29, 1.82) is 0 Å². The summed E-state index contributed by atoms with van der Waals surface area (Å²) in [4.78, 5) is 30.5. The maximum atomic E-state index is 12.4. The molecule has 1 N–H and O–H groups in total. The molecule has 0 aliphatic heterocycles. The van der Waals surface area contributed by atoms with Crippen molar-refractivity contribution in [2.24, 2.45) is 0 Å². The molecule has 1 heterocycles. The van der Waals surface area contributed by atoms with E-state index in [0.717, 1.165) is 31.2 Å². The molecule has 0 spiro atoms. The summed E-state index contributed by atoms with van der Waals surface area (Å²) in [6.07, 6.45) is 6.89. The van der Waals surface area contributed by atoms with Gasteiger partial charge in [0.15, 0.2) is 0 Å². The van der Waals surface area contributed by atoms with Crippen molar-refractivity contribution >= 4 is 29.1 Å². The van der Waals surface area contributed by atoms with Crippen LogP contribution >= 0.6 is 12.2 Å². The highest BCUT2D eigenvalue weighted by molar-refractivity contribution is 7.80. The molecule has 2 atom stereocenters. The largest absolute Gasteiger partial charge is 0.461 e. The highest BCUT2D eigenvalue weighted by atomic mass is 32.1. The number of hydrogen-bond donors (Lipinski definition) is 1. The van der Waals surface area contributed by atoms with E-state index < -0.39 is 5.41 Å². The minimum absolute atomic E-state index is 0.0724. The molecule has 1 aliphatic rings. The first-order valence-corrected chi connectivity index (χ1v) is 9.35. The second-order valence-electron chi connectivity index (χ2n) is 6.80. The molecule has 0 bridgehead atoms. The highest BCUT2D eigenvalue weighted by Gasteiger charge is 2.48. The predicted octanol–water partition coefficient (Wildman–Crippen LogP) is 2.22. The molecule has 1 aliphatic carbocycles. The van der Waals surface area contributed by atoms with Crippen LogP contribution in [0.15, 0.2) is 24.5 Å². The smallest absolute Gasteiger partial charge is 0.306 e. The Labute approximate surface area is 160 Å². The summed E-state index contributed by atoms with van der Waals surface area (Å²) in [5.41, 5.74) is 0.388. The summed E-state index contributed by atoms with van der Waals surface area (Å²) in [5.74, 6) is -0.450. The first-order chi connectivity index (χ1) is 12.4. The van der Waals surface area contributed by atoms with E-state index in [2.05, 4.69) is 10.3 Å². The molecule has 1 aromatic rings. The normalized spacial score (nSPS) is 22.3. The third-order valence-corrected chi connectivity index (χ3v) is 5.53. The van der Waals surface area contributed by atoms with Gasteiger partial charge in [-0.05, 0) is 30.9 Å². The molecule has 6 nitrogen and oxygen atoms in total. The minimum Gasteiger partial charge on any atom is -0.461 e. The average Bonchev–Trinajstić information content (AvgIpc) is 2.66. The SMILES string of the molecule is CNC(=S)C1(c2cccnc2)CCCCC1OC(=O)CCC(=O)N(C)C. The van der Waals surface area contributed by atoms with Gasteiger partial charge in [-0.2, -0.15) is 0 Å². The maximum absolute atomic E-state index is 12.4. The molecule has 2 rings (SSSR count). The number of rotatable bonds is 6. The van der Waals surface area contributed by atoms with Gasteiger partial charge in [0.2, 0.25) is 5.91 Å². The highest BCUT2D eigenvalue weighted by Crippen LogP contribution is 2.42. The van der Waals surface area contributed by atoms with Crippen LogP contribution in [0.25, 0.3) is 0 Å². The van der Waals surface area contributed by atoms with Crippen LogP contribution in [0.3, 0.4) is 0 Å². The number of nitrogens with zero attached hydrogens (tertiary/aromatic N) is 2. The molecule has 1 amide bonds. The Morgan fingerprint density at radius 2 is 2.15 bits per heavy atom. The van der Waals surface area contributed by atoms with Gasteiger partial charge in [0.05, 0.1) is 16.8 Å². The molecule has 1 aromatic heterocycles. The van der Waals surface area contributed by atoms with Crippen molar-refractivity contribution in [1.82, 2.24) is 15.2 Å². The Hall–Kier alpha value is -2.02. The van der Waals surface area contributed by atoms with E-state index in [9.17, 15) is 9.59 Å². The van der Waals surface area contributed by atoms with E-state index >= 15 is 0 Å². The third-order valence-electron chi connectivity index (χ3n) is 4.96. The van der Waals surface area contributed by atoms with Crippen LogP contribution in [-0.2, 0) is 19.7 Å². The van der Waals surface area contributed by atoms with E-state index in [1.54, 1.807) is 33.5 Å². The number of carbonyl (C=O) groups excluding carboxylic acids is 2. The lowest BCUT2D eigenvalue weighted by Crippen LogP contribution is -2.53. The van der Waals surface area contributed by atoms with Gasteiger partial charge in [-0.3, -0.25) is 14.6 Å². The van der Waals surface area contributed by atoms with E-state index in [0.29, 0.717) is 4.99 Å². The standard InChI is InChI=1S/C19H27N3O3S/c1-20-18(26)19(14-7-6-12-21-13-14)11-5-4-8-15(19)25-17(24)10-9-16(23)22(2)3/h6-7,12-13,15H,4-5,8-11H2,1-3H3,(H,20,26). The topological polar surface area (TPSA) is 71.5 Å². The van der Waals surface area contributed by atoms with Crippen molar-refractivity contribution in [3.63, 3.8) is 0 Å². The van der Waals surface area contributed by atoms with Crippen molar-refractivity contribution in [2.75, 3.05) is 21.1 Å². The second-order valence-corrected chi connectivity index (χ2v) is 7.21. The van der Waals surface area contributed by atoms with Crippen molar-refractivity contribution < 1.29 is 14.3 Å². The average molecular weight is 378 g/mol. The molecule has 1 fully saturated rings. The number of hydrogen-bond acceptors (Lipinski definition) is 5. The lowest BCUT2D eigenvalue weighted by atomic mass is 9.67. The number of ether oxygens (including phenoxy) is 1. The van der Waals surface area contributed by atoms with Crippen LogP contribution in [0, 0.1) is 0 Å². The Morgan fingerprint density at radius 3 is 2.77 bits per heavy atom. The van der Waals surface area contributed by atoms with Crippen molar-refractivity contribution in [3.8, 4) is 0 Å². The summed E-state index contributed by atoms with van der Waals surface area (Å²) in [6.45, 7) is 0. The quantitative estimate of drug-likeness (QED) is 0.605. The molecule has 0 saturated heterocycles. The van der Waals surface area contributed by atoms with E-state index in [1.807, 2.05) is 12.1 Å². The number of esters is 1. The van der Waals surface area contributed by atoms with Gasteiger partial charge in [0.25, 0.3) is 0 Å². The summed E-state index contributed by atoms with van der Waals surface area (Å²) in [5, 5.41) is 3.09. The summed E-state index contributed by atoms with van der Waals surface area (Å²) >= 11 is 5.65. The molecule has 0 aromatic carbocycles. The number of pyridine rings is 1. The number of carbonyl (C=O) groups is 2. The van der Waals surface area contributed by atoms with Gasteiger partial charge in [0.1, 0.15) is 6.10 Å². The molecular weight excluding hydrogens is 350 g/mol. The Morgan fingerprint density at radius 1 is 1.38 bits per heavy atom. The van der Waals surface area contributed by atoms with Gasteiger partial charge >= 0.3 is 5.97 Å². The summed E-state index contributed by atoms with van der Waals surface area (Å²) < 4.78 is 5.85.